The largest absolute Gasteiger partial charge is 0.268 e. The summed E-state index contributed by atoms with van der Waals surface area (Å²) in [5.74, 6) is 0.965. The predicted molar refractivity (Wildman–Crippen MR) is 113 cm³/mol. The molecule has 0 amide bonds. The number of aromatic nitrogens is 2. The van der Waals surface area contributed by atoms with E-state index in [1.165, 1.54) is 16.9 Å². The van der Waals surface area contributed by atoms with Gasteiger partial charge in [0, 0.05) is 15.7 Å². The number of unbranched alkanes of at least 4 members (excludes halogenated alkanes) is 1. The van der Waals surface area contributed by atoms with E-state index >= 15 is 0 Å². The molecule has 0 N–H and O–H groups in total. The van der Waals surface area contributed by atoms with E-state index in [4.69, 9.17) is 16.6 Å². The third-order valence-corrected chi connectivity index (χ3v) is 7.23. The first-order chi connectivity index (χ1) is 12.7. The summed E-state index contributed by atoms with van der Waals surface area (Å²) in [4.78, 5) is 20.7. The van der Waals surface area contributed by atoms with Gasteiger partial charge < -0.3 is 0 Å². The van der Waals surface area contributed by atoms with Crippen molar-refractivity contribution in [2.24, 2.45) is 0 Å². The Kier molecular flexibility index (Phi) is 5.39. The first kappa shape index (κ1) is 18.1. The van der Waals surface area contributed by atoms with Crippen LogP contribution in [0.1, 0.15) is 43.0 Å². The molecular formula is C20H21ClN2OS2. The van der Waals surface area contributed by atoms with Crippen LogP contribution >= 0.6 is 34.7 Å². The Balaban J connectivity index is 1.93. The van der Waals surface area contributed by atoms with Crippen LogP contribution in [0.3, 0.4) is 0 Å². The van der Waals surface area contributed by atoms with Gasteiger partial charge >= 0.3 is 0 Å². The van der Waals surface area contributed by atoms with E-state index in [1.807, 2.05) is 24.3 Å². The number of aryl methyl sites for hydroxylation is 2. The zero-order valence-electron chi connectivity index (χ0n) is 14.8. The van der Waals surface area contributed by atoms with Crippen molar-refractivity contribution in [1.29, 1.82) is 0 Å². The number of rotatable bonds is 5. The molecule has 0 saturated heterocycles. The molecule has 0 aliphatic heterocycles. The van der Waals surface area contributed by atoms with Crippen LogP contribution in [0.15, 0.2) is 34.2 Å². The van der Waals surface area contributed by atoms with Gasteiger partial charge in [0.15, 0.2) is 5.16 Å². The Labute approximate surface area is 166 Å². The van der Waals surface area contributed by atoms with E-state index in [-0.39, 0.29) is 5.56 Å². The van der Waals surface area contributed by atoms with Gasteiger partial charge in [-0.2, -0.15) is 0 Å². The van der Waals surface area contributed by atoms with Crippen LogP contribution in [0.5, 0.6) is 0 Å². The Morgan fingerprint density at radius 1 is 1.23 bits per heavy atom. The first-order valence-electron chi connectivity index (χ1n) is 9.15. The number of fused-ring (bicyclic) bond motifs is 3. The second-order valence-electron chi connectivity index (χ2n) is 6.60. The lowest BCUT2D eigenvalue weighted by atomic mass is 9.97. The molecule has 0 fully saturated rings. The van der Waals surface area contributed by atoms with Gasteiger partial charge in [0.1, 0.15) is 4.83 Å². The highest BCUT2D eigenvalue weighted by atomic mass is 35.5. The molecule has 1 aliphatic rings. The van der Waals surface area contributed by atoms with E-state index < -0.39 is 0 Å². The number of benzene rings is 1. The molecule has 26 heavy (non-hydrogen) atoms. The third kappa shape index (κ3) is 3.32. The summed E-state index contributed by atoms with van der Waals surface area (Å²) in [5, 5.41) is 2.29. The van der Waals surface area contributed by atoms with Crippen LogP contribution in [0.4, 0.5) is 0 Å². The number of hydrogen-bond donors (Lipinski definition) is 0. The van der Waals surface area contributed by atoms with Crippen molar-refractivity contribution >= 4 is 44.9 Å². The molecule has 1 aromatic carbocycles. The summed E-state index contributed by atoms with van der Waals surface area (Å²) in [6.45, 7) is 2.18. The quantitative estimate of drug-likeness (QED) is 0.303. The van der Waals surface area contributed by atoms with E-state index in [0.717, 1.165) is 58.9 Å². The highest BCUT2D eigenvalue weighted by Gasteiger charge is 2.22. The molecule has 2 heterocycles. The SMILES string of the molecule is CCCCSc1nc2sc3c(c2c(=O)n1-c1ccc(Cl)cc1)CCCC3. The smallest absolute Gasteiger partial charge is 0.267 e. The van der Waals surface area contributed by atoms with Crippen molar-refractivity contribution in [3.05, 3.63) is 50.1 Å². The van der Waals surface area contributed by atoms with Gasteiger partial charge in [-0.1, -0.05) is 36.7 Å². The van der Waals surface area contributed by atoms with Crippen LogP contribution in [-0.2, 0) is 12.8 Å². The fourth-order valence-corrected chi connectivity index (χ4v) is 5.93. The average molecular weight is 405 g/mol. The minimum Gasteiger partial charge on any atom is -0.268 e. The normalized spacial score (nSPS) is 13.9. The molecule has 4 rings (SSSR count). The summed E-state index contributed by atoms with van der Waals surface area (Å²) in [7, 11) is 0. The zero-order chi connectivity index (χ0) is 18.1. The molecule has 136 valence electrons. The summed E-state index contributed by atoms with van der Waals surface area (Å²) in [6, 6.07) is 7.47. The molecule has 0 bridgehead atoms. The minimum atomic E-state index is 0.0655. The lowest BCUT2D eigenvalue weighted by Gasteiger charge is -2.13. The summed E-state index contributed by atoms with van der Waals surface area (Å²) in [6.07, 6.45) is 6.69. The van der Waals surface area contributed by atoms with E-state index in [1.54, 1.807) is 27.7 Å². The average Bonchev–Trinajstić information content (AvgIpc) is 3.02. The van der Waals surface area contributed by atoms with Gasteiger partial charge in [-0.25, -0.2) is 4.98 Å². The molecule has 6 heteroatoms. The Morgan fingerprint density at radius 3 is 2.77 bits per heavy atom. The molecule has 0 unspecified atom stereocenters. The Morgan fingerprint density at radius 2 is 2.00 bits per heavy atom. The molecule has 0 spiro atoms. The van der Waals surface area contributed by atoms with Crippen LogP contribution in [0, 0.1) is 0 Å². The van der Waals surface area contributed by atoms with E-state index in [0.29, 0.717) is 5.02 Å². The fraction of sp³-hybridized carbons (Fsp3) is 0.400. The number of halogens is 1. The number of nitrogens with zero attached hydrogens (tertiary/aromatic N) is 2. The van der Waals surface area contributed by atoms with E-state index in [2.05, 4.69) is 6.92 Å². The van der Waals surface area contributed by atoms with Crippen LogP contribution in [0.25, 0.3) is 15.9 Å². The van der Waals surface area contributed by atoms with Crippen molar-refractivity contribution < 1.29 is 0 Å². The number of thioether (sulfide) groups is 1. The van der Waals surface area contributed by atoms with Gasteiger partial charge in [-0.3, -0.25) is 9.36 Å². The van der Waals surface area contributed by atoms with Gasteiger partial charge in [0.2, 0.25) is 0 Å². The molecule has 1 aliphatic carbocycles. The van der Waals surface area contributed by atoms with Crippen molar-refractivity contribution in [1.82, 2.24) is 9.55 Å². The number of thiophene rings is 1. The molecule has 3 nitrogen and oxygen atoms in total. The standard InChI is InChI=1S/C20H21ClN2OS2/c1-2-3-12-25-20-22-18-17(15-6-4-5-7-16(15)26-18)19(24)23(20)14-10-8-13(21)9-11-14/h8-11H,2-7,12H2,1H3. The lowest BCUT2D eigenvalue weighted by molar-refractivity contribution is 0.699. The van der Waals surface area contributed by atoms with Gasteiger partial charge in [0.05, 0.1) is 11.1 Å². The highest BCUT2D eigenvalue weighted by molar-refractivity contribution is 7.99. The van der Waals surface area contributed by atoms with Crippen molar-refractivity contribution in [3.8, 4) is 5.69 Å². The minimum absolute atomic E-state index is 0.0655. The van der Waals surface area contributed by atoms with Crippen LogP contribution in [-0.4, -0.2) is 15.3 Å². The topological polar surface area (TPSA) is 34.9 Å². The molecule has 2 aromatic heterocycles. The summed E-state index contributed by atoms with van der Waals surface area (Å²) >= 11 is 9.43. The first-order valence-corrected chi connectivity index (χ1v) is 11.3. The molecule has 0 atom stereocenters. The fourth-order valence-electron chi connectivity index (χ4n) is 3.41. The van der Waals surface area contributed by atoms with Crippen molar-refractivity contribution in [3.63, 3.8) is 0 Å². The maximum Gasteiger partial charge on any atom is 0.267 e. The van der Waals surface area contributed by atoms with E-state index in [9.17, 15) is 4.79 Å². The monoisotopic (exact) mass is 404 g/mol. The number of hydrogen-bond acceptors (Lipinski definition) is 4. The van der Waals surface area contributed by atoms with Crippen molar-refractivity contribution in [2.45, 2.75) is 50.6 Å². The predicted octanol–water partition coefficient (Wildman–Crippen LogP) is 5.87. The van der Waals surface area contributed by atoms with Crippen LogP contribution in [0.2, 0.25) is 5.02 Å². The maximum atomic E-state index is 13.5. The second-order valence-corrected chi connectivity index (χ2v) is 9.19. The van der Waals surface area contributed by atoms with Gasteiger partial charge in [-0.15, -0.1) is 11.3 Å². The summed E-state index contributed by atoms with van der Waals surface area (Å²) < 4.78 is 1.78. The second kappa shape index (κ2) is 7.75. The highest BCUT2D eigenvalue weighted by Crippen LogP contribution is 2.35. The Hall–Kier alpha value is -1.30. The maximum absolute atomic E-state index is 13.5. The zero-order valence-corrected chi connectivity index (χ0v) is 17.1. The summed E-state index contributed by atoms with van der Waals surface area (Å²) in [5.41, 5.74) is 2.14. The molecule has 0 radical (unpaired) electrons. The molecular weight excluding hydrogens is 384 g/mol. The van der Waals surface area contributed by atoms with Gasteiger partial charge in [0.25, 0.3) is 5.56 Å². The van der Waals surface area contributed by atoms with Crippen molar-refractivity contribution in [2.75, 3.05) is 5.75 Å². The molecule has 0 saturated carbocycles. The van der Waals surface area contributed by atoms with Crippen LogP contribution < -0.4 is 5.56 Å². The Bertz CT molecular complexity index is 992. The lowest BCUT2D eigenvalue weighted by Crippen LogP contribution is -2.22. The van der Waals surface area contributed by atoms with Gasteiger partial charge in [-0.05, 0) is 61.9 Å². The third-order valence-electron chi connectivity index (χ3n) is 4.77. The molecule has 3 aromatic rings.